The summed E-state index contributed by atoms with van der Waals surface area (Å²) in [5, 5.41) is 15.9. The van der Waals surface area contributed by atoms with Gasteiger partial charge in [-0.25, -0.2) is 4.39 Å². The smallest absolute Gasteiger partial charge is 0.305 e. The molecule has 4 aromatic rings. The van der Waals surface area contributed by atoms with E-state index < -0.39 is 17.7 Å². The third-order valence-electron chi connectivity index (χ3n) is 5.68. The van der Waals surface area contributed by atoms with Gasteiger partial charge in [-0.2, -0.15) is 0 Å². The van der Waals surface area contributed by atoms with E-state index in [4.69, 9.17) is 39.9 Å². The predicted molar refractivity (Wildman–Crippen MR) is 148 cm³/mol. The summed E-state index contributed by atoms with van der Waals surface area (Å²) >= 11 is 19.0. The molecule has 6 nitrogen and oxygen atoms in total. The predicted octanol–water partition coefficient (Wildman–Crippen LogP) is 7.33. The Bertz CT molecular complexity index is 1500. The number of aliphatic carboxylic acids is 1. The highest BCUT2D eigenvalue weighted by molar-refractivity contribution is 6.36. The molecule has 0 aliphatic heterocycles. The van der Waals surface area contributed by atoms with Crippen LogP contribution in [0.4, 0.5) is 10.1 Å². The van der Waals surface area contributed by atoms with Crippen LogP contribution in [0.2, 0.25) is 15.1 Å². The summed E-state index contributed by atoms with van der Waals surface area (Å²) in [6, 6.07) is 18.4. The number of halogens is 4. The van der Waals surface area contributed by atoms with E-state index >= 15 is 0 Å². The Morgan fingerprint density at radius 3 is 2.26 bits per heavy atom. The molecule has 4 rings (SSSR count). The van der Waals surface area contributed by atoms with Gasteiger partial charge < -0.3 is 15.7 Å². The number of hydrogen-bond donors (Lipinski definition) is 3. The van der Waals surface area contributed by atoms with Crippen LogP contribution in [0.1, 0.15) is 22.5 Å². The van der Waals surface area contributed by atoms with Gasteiger partial charge in [-0.05, 0) is 59.7 Å². The first kappa shape index (κ1) is 27.4. The lowest BCUT2D eigenvalue weighted by atomic mass is 10.0. The van der Waals surface area contributed by atoms with Gasteiger partial charge >= 0.3 is 5.97 Å². The molecule has 0 saturated heterocycles. The topological polar surface area (TPSA) is 91.3 Å². The fourth-order valence-corrected chi connectivity index (χ4v) is 4.50. The molecule has 0 fully saturated rings. The van der Waals surface area contributed by atoms with Crippen molar-refractivity contribution < 1.29 is 19.1 Å². The molecule has 0 bridgehead atoms. The summed E-state index contributed by atoms with van der Waals surface area (Å²) in [6.07, 6.45) is 1.40. The number of pyridine rings is 1. The van der Waals surface area contributed by atoms with Gasteiger partial charge in [0, 0.05) is 46.7 Å². The maximum absolute atomic E-state index is 13.4. The molecule has 0 aliphatic rings. The van der Waals surface area contributed by atoms with Gasteiger partial charge in [-0.1, -0.05) is 53.0 Å². The molecule has 3 aromatic carbocycles. The van der Waals surface area contributed by atoms with Gasteiger partial charge in [0.2, 0.25) is 0 Å². The number of aromatic nitrogens is 1. The third-order valence-corrected chi connectivity index (χ3v) is 6.54. The van der Waals surface area contributed by atoms with Gasteiger partial charge in [0.1, 0.15) is 11.5 Å². The summed E-state index contributed by atoms with van der Waals surface area (Å²) in [5.74, 6) is -1.87. The normalized spacial score (nSPS) is 10.7. The monoisotopic (exact) mass is 571 g/mol. The quantitative estimate of drug-likeness (QED) is 0.195. The molecule has 0 spiro atoms. The first-order chi connectivity index (χ1) is 18.2. The maximum atomic E-state index is 13.4. The van der Waals surface area contributed by atoms with Crippen molar-refractivity contribution in [1.82, 2.24) is 10.3 Å². The van der Waals surface area contributed by atoms with Crippen LogP contribution in [0.5, 0.6) is 0 Å². The summed E-state index contributed by atoms with van der Waals surface area (Å²) in [7, 11) is 0. The lowest BCUT2D eigenvalue weighted by molar-refractivity contribution is -0.136. The number of carbonyl (C=O) groups is 2. The molecule has 194 valence electrons. The highest BCUT2D eigenvalue weighted by atomic mass is 35.5. The minimum atomic E-state index is -0.994. The first-order valence-electron chi connectivity index (χ1n) is 11.4. The number of rotatable bonds is 9. The van der Waals surface area contributed by atoms with E-state index in [1.165, 1.54) is 12.1 Å². The van der Waals surface area contributed by atoms with E-state index in [-0.39, 0.29) is 23.7 Å². The molecule has 0 saturated carbocycles. The van der Waals surface area contributed by atoms with Crippen LogP contribution in [-0.2, 0) is 11.3 Å². The highest BCUT2D eigenvalue weighted by Crippen LogP contribution is 2.35. The number of anilines is 1. The van der Waals surface area contributed by atoms with Gasteiger partial charge in [0.05, 0.1) is 16.5 Å². The molecule has 0 aliphatic carbocycles. The van der Waals surface area contributed by atoms with Crippen LogP contribution in [0.3, 0.4) is 0 Å². The average molecular weight is 573 g/mol. The molecular formula is C28H21Cl3FN3O3. The van der Waals surface area contributed by atoms with Gasteiger partial charge in [0.15, 0.2) is 0 Å². The molecular weight excluding hydrogens is 552 g/mol. The Labute approximate surface area is 233 Å². The molecule has 0 unspecified atom stereocenters. The maximum Gasteiger partial charge on any atom is 0.305 e. The second kappa shape index (κ2) is 12.3. The fraction of sp³-hybridized carbons (Fsp3) is 0.107. The van der Waals surface area contributed by atoms with Crippen molar-refractivity contribution in [2.24, 2.45) is 0 Å². The van der Waals surface area contributed by atoms with Crippen LogP contribution in [-0.4, -0.2) is 28.5 Å². The van der Waals surface area contributed by atoms with E-state index in [9.17, 15) is 14.0 Å². The second-order valence-electron chi connectivity index (χ2n) is 8.31. The van der Waals surface area contributed by atoms with Gasteiger partial charge in [0.25, 0.3) is 5.91 Å². The number of benzene rings is 3. The largest absolute Gasteiger partial charge is 0.481 e. The van der Waals surface area contributed by atoms with Gasteiger partial charge in [-0.3, -0.25) is 14.6 Å². The molecule has 0 radical (unpaired) electrons. The zero-order chi connectivity index (χ0) is 27.2. The van der Waals surface area contributed by atoms with E-state index in [1.54, 1.807) is 36.5 Å². The Hall–Kier alpha value is -3.65. The number of nitrogens with zero attached hydrogens (tertiary/aromatic N) is 1. The summed E-state index contributed by atoms with van der Waals surface area (Å²) < 4.78 is 13.4. The first-order valence-corrected chi connectivity index (χ1v) is 12.6. The van der Waals surface area contributed by atoms with Crippen molar-refractivity contribution in [2.45, 2.75) is 13.0 Å². The van der Waals surface area contributed by atoms with Crippen molar-refractivity contribution in [3.05, 3.63) is 105 Å². The van der Waals surface area contributed by atoms with Crippen molar-refractivity contribution in [3.8, 4) is 22.3 Å². The van der Waals surface area contributed by atoms with Crippen molar-refractivity contribution >= 4 is 52.4 Å². The molecule has 10 heteroatoms. The number of hydrogen-bond acceptors (Lipinski definition) is 4. The second-order valence-corrected chi connectivity index (χ2v) is 9.56. The highest BCUT2D eigenvalue weighted by Gasteiger charge is 2.13. The van der Waals surface area contributed by atoms with E-state index in [0.717, 1.165) is 22.4 Å². The molecule has 1 amide bonds. The van der Waals surface area contributed by atoms with Crippen molar-refractivity contribution in [1.29, 1.82) is 0 Å². The molecule has 38 heavy (non-hydrogen) atoms. The lowest BCUT2D eigenvalue weighted by Gasteiger charge is -2.14. The number of carbonyl (C=O) groups excluding carboxylic acids is 1. The van der Waals surface area contributed by atoms with Crippen LogP contribution in [0.25, 0.3) is 22.3 Å². The SMILES string of the molecule is O=C(O)CCNC(=O)c1ccc(-c2cc(Cl)ccc2CNc2ccc(-c3ccc(F)cc3Cl)c(Cl)c2)cn1. The number of carboxylic acids is 1. The van der Waals surface area contributed by atoms with Crippen LogP contribution in [0.15, 0.2) is 72.9 Å². The van der Waals surface area contributed by atoms with Crippen molar-refractivity contribution in [3.63, 3.8) is 0 Å². The summed E-state index contributed by atoms with van der Waals surface area (Å²) in [5.41, 5.74) is 4.78. The van der Waals surface area contributed by atoms with Crippen LogP contribution >= 0.6 is 34.8 Å². The Morgan fingerprint density at radius 1 is 0.868 bits per heavy atom. The van der Waals surface area contributed by atoms with Crippen molar-refractivity contribution in [2.75, 3.05) is 11.9 Å². The molecule has 3 N–H and O–H groups in total. The summed E-state index contributed by atoms with van der Waals surface area (Å²) in [4.78, 5) is 27.1. The van der Waals surface area contributed by atoms with E-state index in [0.29, 0.717) is 27.7 Å². The molecule has 0 atom stereocenters. The standard InChI is InChI=1S/C28H21Cl3FN3O3/c29-18-3-1-16(23(11-18)17-2-8-26(35-15-17)28(38)33-10-9-27(36)37)14-34-20-5-7-22(25(31)13-20)21-6-4-19(32)12-24(21)30/h1-8,11-13,15,34H,9-10,14H2,(H,33,38)(H,36,37). The van der Waals surface area contributed by atoms with Crippen LogP contribution in [0, 0.1) is 5.82 Å². The molecule has 1 aromatic heterocycles. The summed E-state index contributed by atoms with van der Waals surface area (Å²) in [6.45, 7) is 0.459. The minimum absolute atomic E-state index is 0.0175. The fourth-order valence-electron chi connectivity index (χ4n) is 3.78. The average Bonchev–Trinajstić information content (AvgIpc) is 2.88. The number of carboxylic acid groups (broad SMARTS) is 1. The van der Waals surface area contributed by atoms with Crippen LogP contribution < -0.4 is 10.6 Å². The zero-order valence-corrected chi connectivity index (χ0v) is 22.0. The minimum Gasteiger partial charge on any atom is -0.481 e. The molecule has 1 heterocycles. The lowest BCUT2D eigenvalue weighted by Crippen LogP contribution is -2.26. The number of nitrogens with one attached hydrogen (secondary N) is 2. The van der Waals surface area contributed by atoms with E-state index in [1.807, 2.05) is 24.3 Å². The Kier molecular flexibility index (Phi) is 8.84. The Morgan fingerprint density at radius 2 is 1.61 bits per heavy atom. The van der Waals surface area contributed by atoms with E-state index in [2.05, 4.69) is 15.6 Å². The zero-order valence-electron chi connectivity index (χ0n) is 19.8. The van der Waals surface area contributed by atoms with Gasteiger partial charge in [-0.15, -0.1) is 0 Å². The Balaban J connectivity index is 1.49. The third kappa shape index (κ3) is 6.81. The number of amides is 1.